The van der Waals surface area contributed by atoms with E-state index in [9.17, 15) is 5.21 Å². The SMILES string of the molecule is CCCCCCCCCCCCCCCCCc1cn(O)c2nc(=N)nc(N)c-2n1. The molecule has 0 fully saturated rings. The van der Waals surface area contributed by atoms with E-state index in [0.717, 1.165) is 23.3 Å². The summed E-state index contributed by atoms with van der Waals surface area (Å²) in [7, 11) is 0. The molecule has 0 unspecified atom stereocenters. The van der Waals surface area contributed by atoms with E-state index in [1.807, 2.05) is 0 Å². The van der Waals surface area contributed by atoms with Gasteiger partial charge in [-0.25, -0.2) is 4.98 Å². The van der Waals surface area contributed by atoms with Crippen LogP contribution in [0.25, 0.3) is 11.5 Å². The molecule has 7 heteroatoms. The second kappa shape index (κ2) is 13.9. The first-order chi connectivity index (χ1) is 14.6. The lowest BCUT2D eigenvalue weighted by molar-refractivity contribution is 0.184. The first kappa shape index (κ1) is 24.1. The summed E-state index contributed by atoms with van der Waals surface area (Å²) in [5, 5.41) is 17.6. The number of rotatable bonds is 16. The van der Waals surface area contributed by atoms with E-state index in [1.54, 1.807) is 6.20 Å². The molecule has 0 atom stereocenters. The van der Waals surface area contributed by atoms with Crippen LogP contribution in [-0.4, -0.2) is 24.9 Å². The van der Waals surface area contributed by atoms with Gasteiger partial charge >= 0.3 is 0 Å². The zero-order valence-electron chi connectivity index (χ0n) is 18.7. The minimum Gasteiger partial charge on any atom is -0.427 e. The number of nitrogens with one attached hydrogen (secondary N) is 1. The standard InChI is InChI=1S/C23H40N6O/c1-2-3-4-5-6-7-8-9-10-11-12-13-14-15-16-17-19-18-29(30)22-20(26-19)21(24)27-23(25)28-22/h18,30H,2-17H2,1H3,(H3,24,25,27). The van der Waals surface area contributed by atoms with Gasteiger partial charge in [0.1, 0.15) is 0 Å². The fraction of sp³-hybridized carbons (Fsp3) is 0.739. The Morgan fingerprint density at radius 2 is 1.30 bits per heavy atom. The molecule has 0 aliphatic carbocycles. The molecule has 0 saturated carbocycles. The number of nitrogens with zero attached hydrogens (tertiary/aromatic N) is 4. The van der Waals surface area contributed by atoms with Crippen LogP contribution in [0.4, 0.5) is 5.82 Å². The van der Waals surface area contributed by atoms with Crippen molar-refractivity contribution in [2.75, 3.05) is 5.73 Å². The highest BCUT2D eigenvalue weighted by atomic mass is 16.5. The lowest BCUT2D eigenvalue weighted by Crippen LogP contribution is -2.20. The number of fused-ring (bicyclic) bond motifs is 1. The van der Waals surface area contributed by atoms with Crippen LogP contribution in [0.15, 0.2) is 6.20 Å². The molecular formula is C23H40N6O. The summed E-state index contributed by atoms with van der Waals surface area (Å²) in [6.45, 7) is 2.27. The number of hydrogen-bond acceptors (Lipinski definition) is 6. The fourth-order valence-electron chi connectivity index (χ4n) is 3.90. The molecule has 30 heavy (non-hydrogen) atoms. The number of nitrogens with two attached hydrogens (primary N) is 1. The molecule has 0 spiro atoms. The Morgan fingerprint density at radius 3 is 1.83 bits per heavy atom. The second-order valence-corrected chi connectivity index (χ2v) is 8.38. The van der Waals surface area contributed by atoms with Gasteiger partial charge in [0.25, 0.3) is 0 Å². The number of nitrogen functional groups attached to an aromatic ring is 1. The molecule has 0 aromatic carbocycles. The van der Waals surface area contributed by atoms with Crippen molar-refractivity contribution in [3.05, 3.63) is 17.5 Å². The van der Waals surface area contributed by atoms with Crippen molar-refractivity contribution in [1.82, 2.24) is 19.7 Å². The van der Waals surface area contributed by atoms with Crippen molar-refractivity contribution in [1.29, 1.82) is 5.41 Å². The lowest BCUT2D eigenvalue weighted by atomic mass is 10.0. The van der Waals surface area contributed by atoms with E-state index in [1.165, 1.54) is 89.9 Å². The largest absolute Gasteiger partial charge is 0.427 e. The van der Waals surface area contributed by atoms with E-state index >= 15 is 0 Å². The molecule has 0 radical (unpaired) electrons. The van der Waals surface area contributed by atoms with E-state index < -0.39 is 0 Å². The Kier molecular flexibility index (Phi) is 11.2. The van der Waals surface area contributed by atoms with Crippen molar-refractivity contribution in [3.63, 3.8) is 0 Å². The predicted octanol–water partition coefficient (Wildman–Crippen LogP) is 5.49. The Morgan fingerprint density at radius 1 is 0.800 bits per heavy atom. The molecule has 2 aliphatic rings. The van der Waals surface area contributed by atoms with Gasteiger partial charge in [-0.05, 0) is 12.8 Å². The van der Waals surface area contributed by atoms with Crippen LogP contribution in [0.5, 0.6) is 0 Å². The highest BCUT2D eigenvalue weighted by Gasteiger charge is 2.16. The van der Waals surface area contributed by atoms with Crippen molar-refractivity contribution in [3.8, 4) is 11.5 Å². The molecule has 0 aromatic rings. The van der Waals surface area contributed by atoms with Crippen molar-refractivity contribution in [2.24, 2.45) is 0 Å². The molecule has 2 aliphatic heterocycles. The summed E-state index contributed by atoms with van der Waals surface area (Å²) in [5.41, 5.74) is 6.72. The van der Waals surface area contributed by atoms with Crippen LogP contribution in [0, 0.1) is 5.41 Å². The Hall–Kier alpha value is -2.18. The maximum atomic E-state index is 10.1. The molecule has 2 heterocycles. The monoisotopic (exact) mass is 416 g/mol. The summed E-state index contributed by atoms with van der Waals surface area (Å²) < 4.78 is 0.902. The summed E-state index contributed by atoms with van der Waals surface area (Å²) in [5.74, 6) is 0.305. The summed E-state index contributed by atoms with van der Waals surface area (Å²) in [6.07, 6.45) is 22.4. The molecular weight excluding hydrogens is 376 g/mol. The third kappa shape index (κ3) is 8.67. The number of unbranched alkanes of at least 4 members (excludes halogenated alkanes) is 14. The highest BCUT2D eigenvalue weighted by molar-refractivity contribution is 5.63. The van der Waals surface area contributed by atoms with Gasteiger partial charge in [-0.3, -0.25) is 5.41 Å². The van der Waals surface area contributed by atoms with Crippen molar-refractivity contribution in [2.45, 2.75) is 110 Å². The second-order valence-electron chi connectivity index (χ2n) is 8.38. The number of anilines is 1. The number of hydrogen-bond donors (Lipinski definition) is 3. The Balaban J connectivity index is 1.51. The van der Waals surface area contributed by atoms with E-state index in [-0.39, 0.29) is 17.3 Å². The van der Waals surface area contributed by atoms with Gasteiger partial charge in [0.2, 0.25) is 11.4 Å². The lowest BCUT2D eigenvalue weighted by Gasteiger charge is -2.12. The fourth-order valence-corrected chi connectivity index (χ4v) is 3.90. The molecule has 0 saturated heterocycles. The topological polar surface area (TPSA) is 114 Å². The van der Waals surface area contributed by atoms with Gasteiger partial charge in [-0.2, -0.15) is 14.7 Å². The van der Waals surface area contributed by atoms with Crippen LogP contribution in [0.3, 0.4) is 0 Å². The van der Waals surface area contributed by atoms with E-state index in [2.05, 4.69) is 21.9 Å². The zero-order chi connectivity index (χ0) is 21.6. The predicted molar refractivity (Wildman–Crippen MR) is 121 cm³/mol. The Bertz CT molecular complexity index is 760. The molecule has 0 bridgehead atoms. The zero-order valence-corrected chi connectivity index (χ0v) is 18.7. The number of aromatic nitrogens is 4. The third-order valence-corrected chi connectivity index (χ3v) is 5.67. The molecule has 2 rings (SSSR count). The average molecular weight is 417 g/mol. The first-order valence-corrected chi connectivity index (χ1v) is 11.9. The normalized spacial score (nSPS) is 11.4. The van der Waals surface area contributed by atoms with Crippen LogP contribution in [-0.2, 0) is 6.42 Å². The van der Waals surface area contributed by atoms with Crippen LogP contribution >= 0.6 is 0 Å². The first-order valence-electron chi connectivity index (χ1n) is 11.9. The van der Waals surface area contributed by atoms with Crippen molar-refractivity contribution >= 4 is 5.82 Å². The summed E-state index contributed by atoms with van der Waals surface area (Å²) in [4.78, 5) is 12.2. The average Bonchev–Trinajstić information content (AvgIpc) is 2.72. The molecule has 0 amide bonds. The summed E-state index contributed by atoms with van der Waals surface area (Å²) in [6, 6.07) is 0. The maximum absolute atomic E-state index is 10.1. The van der Waals surface area contributed by atoms with Gasteiger partial charge in [0, 0.05) is 0 Å². The molecule has 168 valence electrons. The quantitative estimate of drug-likeness (QED) is 0.247. The number of aryl methyl sites for hydroxylation is 1. The molecule has 0 aromatic heterocycles. The molecule has 4 N–H and O–H groups in total. The minimum atomic E-state index is -0.222. The summed E-state index contributed by atoms with van der Waals surface area (Å²) >= 11 is 0. The third-order valence-electron chi connectivity index (χ3n) is 5.67. The maximum Gasteiger partial charge on any atom is 0.246 e. The van der Waals surface area contributed by atoms with Crippen LogP contribution in [0.1, 0.15) is 109 Å². The minimum absolute atomic E-state index is 0.131. The smallest absolute Gasteiger partial charge is 0.246 e. The van der Waals surface area contributed by atoms with Crippen LogP contribution in [0.2, 0.25) is 0 Å². The van der Waals surface area contributed by atoms with Crippen LogP contribution < -0.4 is 11.4 Å². The van der Waals surface area contributed by atoms with E-state index in [4.69, 9.17) is 11.1 Å². The van der Waals surface area contributed by atoms with Gasteiger partial charge in [-0.15, -0.1) is 0 Å². The Labute approximate surface area is 181 Å². The van der Waals surface area contributed by atoms with Gasteiger partial charge in [0.05, 0.1) is 11.9 Å². The van der Waals surface area contributed by atoms with Gasteiger partial charge in [-0.1, -0.05) is 96.8 Å². The van der Waals surface area contributed by atoms with Gasteiger partial charge in [0.15, 0.2) is 11.5 Å². The van der Waals surface area contributed by atoms with Gasteiger partial charge < -0.3 is 10.9 Å². The van der Waals surface area contributed by atoms with E-state index in [0.29, 0.717) is 5.69 Å². The molecule has 7 nitrogen and oxygen atoms in total. The van der Waals surface area contributed by atoms with Crippen molar-refractivity contribution < 1.29 is 5.21 Å². The highest BCUT2D eigenvalue weighted by Crippen LogP contribution is 2.20.